The van der Waals surface area contributed by atoms with E-state index in [0.717, 1.165) is 38.1 Å². The molecule has 0 bridgehead atoms. The molecule has 3 aromatic rings. The molecule has 1 aliphatic rings. The van der Waals surface area contributed by atoms with E-state index in [1.54, 1.807) is 6.07 Å². The molecule has 1 saturated heterocycles. The van der Waals surface area contributed by atoms with E-state index in [4.69, 9.17) is 21.1 Å². The lowest BCUT2D eigenvalue weighted by molar-refractivity contribution is -0.137. The lowest BCUT2D eigenvalue weighted by atomic mass is 9.74. The number of ether oxygens (including phenoxy) is 2. The van der Waals surface area contributed by atoms with Crippen LogP contribution in [0.1, 0.15) is 29.5 Å². The number of aromatic nitrogens is 1. The lowest BCUT2D eigenvalue weighted by Gasteiger charge is -2.38. The third-order valence-electron chi connectivity index (χ3n) is 6.26. The van der Waals surface area contributed by atoms with Gasteiger partial charge in [0.25, 0.3) is 0 Å². The van der Waals surface area contributed by atoms with Gasteiger partial charge in [0.2, 0.25) is 5.88 Å². The Morgan fingerprint density at radius 3 is 2.47 bits per heavy atom. The number of hydrogen-bond donors (Lipinski definition) is 1. The summed E-state index contributed by atoms with van der Waals surface area (Å²) in [6, 6.07) is 15.6. The van der Waals surface area contributed by atoms with Gasteiger partial charge in [-0.3, -0.25) is 0 Å². The van der Waals surface area contributed by atoms with Crippen molar-refractivity contribution in [3.05, 3.63) is 82.5 Å². The fourth-order valence-electron chi connectivity index (χ4n) is 4.42. The molecule has 0 amide bonds. The number of hydrogen-bond acceptors (Lipinski definition) is 4. The van der Waals surface area contributed by atoms with Gasteiger partial charge >= 0.3 is 6.18 Å². The molecule has 1 aromatic heterocycles. The van der Waals surface area contributed by atoms with E-state index in [1.807, 2.05) is 18.2 Å². The van der Waals surface area contributed by atoms with Crippen molar-refractivity contribution >= 4 is 11.6 Å². The Morgan fingerprint density at radius 1 is 1.06 bits per heavy atom. The van der Waals surface area contributed by atoms with Crippen LogP contribution in [0.4, 0.5) is 13.2 Å². The van der Waals surface area contributed by atoms with Gasteiger partial charge in [0.05, 0.1) is 37.1 Å². The molecular formula is C26H26ClF3N2O2. The van der Waals surface area contributed by atoms with E-state index >= 15 is 0 Å². The van der Waals surface area contributed by atoms with Gasteiger partial charge in [-0.05, 0) is 60.8 Å². The highest BCUT2D eigenvalue weighted by molar-refractivity contribution is 6.33. The molecule has 0 radical (unpaired) electrons. The molecule has 4 rings (SSSR count). The average molecular weight is 491 g/mol. The molecule has 2 aromatic carbocycles. The van der Waals surface area contributed by atoms with Gasteiger partial charge in [-0.1, -0.05) is 41.9 Å². The van der Waals surface area contributed by atoms with Gasteiger partial charge in [0, 0.05) is 17.0 Å². The van der Waals surface area contributed by atoms with Crippen molar-refractivity contribution < 1.29 is 22.6 Å². The summed E-state index contributed by atoms with van der Waals surface area (Å²) in [5.41, 5.74) is 1.44. The van der Waals surface area contributed by atoms with Crippen LogP contribution in [-0.4, -0.2) is 31.8 Å². The van der Waals surface area contributed by atoms with Crippen LogP contribution in [0.5, 0.6) is 5.88 Å². The van der Waals surface area contributed by atoms with Crippen molar-refractivity contribution in [2.24, 2.45) is 0 Å². The molecule has 0 atom stereocenters. The number of halogens is 4. The quantitative estimate of drug-likeness (QED) is 0.424. The third-order valence-corrected chi connectivity index (χ3v) is 6.57. The molecule has 8 heteroatoms. The predicted octanol–water partition coefficient (Wildman–Crippen LogP) is 6.27. The number of alkyl halides is 3. The number of pyridine rings is 1. The molecule has 1 aliphatic heterocycles. The van der Waals surface area contributed by atoms with Crippen LogP contribution in [0.15, 0.2) is 60.8 Å². The zero-order valence-corrected chi connectivity index (χ0v) is 19.5. The number of methoxy groups -OCH3 is 1. The lowest BCUT2D eigenvalue weighted by Crippen LogP contribution is -2.43. The zero-order valence-electron chi connectivity index (χ0n) is 18.8. The van der Waals surface area contributed by atoms with Crippen molar-refractivity contribution in [3.63, 3.8) is 0 Å². The summed E-state index contributed by atoms with van der Waals surface area (Å²) in [6.07, 6.45) is -1.34. The molecule has 4 nitrogen and oxygen atoms in total. The average Bonchev–Trinajstić information content (AvgIpc) is 2.85. The summed E-state index contributed by atoms with van der Waals surface area (Å²) in [7, 11) is 1.44. The highest BCUT2D eigenvalue weighted by Crippen LogP contribution is 2.37. The largest absolute Gasteiger partial charge is 0.481 e. The SMILES string of the molecule is COc1cc(-c2cc(COCC3(c4ccccc4)CCNCC3)cc(C(F)(F)F)c2)c(Cl)cn1. The number of piperidine rings is 1. The summed E-state index contributed by atoms with van der Waals surface area (Å²) >= 11 is 6.26. The smallest absolute Gasteiger partial charge is 0.416 e. The standard InChI is InChI=1S/C26H26ClF3N2O2/c1-33-24-14-22(23(27)15-32-24)19-11-18(12-21(13-19)26(28,29)30)16-34-17-25(7-9-31-10-8-25)20-5-3-2-4-6-20/h2-6,11-15,31H,7-10,16-17H2,1H3. The molecule has 34 heavy (non-hydrogen) atoms. The van der Waals surface area contributed by atoms with Crippen LogP contribution in [0.2, 0.25) is 5.02 Å². The normalized spacial score (nSPS) is 15.8. The van der Waals surface area contributed by atoms with Crippen LogP contribution in [-0.2, 0) is 22.9 Å². The van der Waals surface area contributed by atoms with E-state index in [9.17, 15) is 13.2 Å². The highest BCUT2D eigenvalue weighted by Gasteiger charge is 2.35. The Bertz CT molecular complexity index is 1120. The van der Waals surface area contributed by atoms with Gasteiger partial charge in [0.15, 0.2) is 0 Å². The van der Waals surface area contributed by atoms with E-state index in [0.29, 0.717) is 23.3 Å². The minimum absolute atomic E-state index is 0.0543. The van der Waals surface area contributed by atoms with Gasteiger partial charge in [-0.15, -0.1) is 0 Å². The maximum atomic E-state index is 13.7. The number of nitrogens with one attached hydrogen (secondary N) is 1. The van der Waals surface area contributed by atoms with Crippen LogP contribution in [0, 0.1) is 0 Å². The maximum Gasteiger partial charge on any atom is 0.416 e. The molecular weight excluding hydrogens is 465 g/mol. The first kappa shape index (κ1) is 24.5. The predicted molar refractivity (Wildman–Crippen MR) is 126 cm³/mol. The van der Waals surface area contributed by atoms with E-state index < -0.39 is 11.7 Å². The topological polar surface area (TPSA) is 43.4 Å². The monoisotopic (exact) mass is 490 g/mol. The fraction of sp³-hybridized carbons (Fsp3) is 0.346. The number of benzene rings is 2. The first-order valence-corrected chi connectivity index (χ1v) is 11.4. The minimum atomic E-state index is -4.51. The molecule has 0 unspecified atom stereocenters. The van der Waals surface area contributed by atoms with Gasteiger partial charge < -0.3 is 14.8 Å². The van der Waals surface area contributed by atoms with Crippen molar-refractivity contribution in [2.45, 2.75) is 31.0 Å². The van der Waals surface area contributed by atoms with E-state index in [2.05, 4.69) is 22.4 Å². The first-order valence-electron chi connectivity index (χ1n) is 11.1. The van der Waals surface area contributed by atoms with Gasteiger partial charge in [0.1, 0.15) is 0 Å². The summed E-state index contributed by atoms with van der Waals surface area (Å²) < 4.78 is 52.3. The summed E-state index contributed by atoms with van der Waals surface area (Å²) in [5, 5.41) is 3.61. The second-order valence-corrected chi connectivity index (χ2v) is 8.92. The Morgan fingerprint density at radius 2 is 1.79 bits per heavy atom. The third kappa shape index (κ3) is 5.54. The molecule has 0 spiro atoms. The Kier molecular flexibility index (Phi) is 7.45. The van der Waals surface area contributed by atoms with E-state index in [1.165, 1.54) is 24.9 Å². The number of nitrogens with zero attached hydrogens (tertiary/aromatic N) is 1. The summed E-state index contributed by atoms with van der Waals surface area (Å²) in [6.45, 7) is 2.22. The van der Waals surface area contributed by atoms with Gasteiger partial charge in [-0.2, -0.15) is 13.2 Å². The molecule has 1 N–H and O–H groups in total. The summed E-state index contributed by atoms with van der Waals surface area (Å²) in [4.78, 5) is 4.01. The Hall–Kier alpha value is -2.61. The number of rotatable bonds is 7. The fourth-order valence-corrected chi connectivity index (χ4v) is 4.64. The van der Waals surface area contributed by atoms with Crippen molar-refractivity contribution in [1.82, 2.24) is 10.3 Å². The highest BCUT2D eigenvalue weighted by atomic mass is 35.5. The Balaban J connectivity index is 1.61. The minimum Gasteiger partial charge on any atom is -0.481 e. The molecule has 0 aliphatic carbocycles. The van der Waals surface area contributed by atoms with Crippen molar-refractivity contribution in [2.75, 3.05) is 26.8 Å². The van der Waals surface area contributed by atoms with Crippen LogP contribution in [0.25, 0.3) is 11.1 Å². The summed E-state index contributed by atoms with van der Waals surface area (Å²) in [5.74, 6) is 0.269. The Labute approximate surface area is 202 Å². The molecule has 2 heterocycles. The molecule has 0 saturated carbocycles. The maximum absolute atomic E-state index is 13.7. The van der Waals surface area contributed by atoms with Crippen LogP contribution >= 0.6 is 11.6 Å². The second kappa shape index (κ2) is 10.3. The van der Waals surface area contributed by atoms with Crippen molar-refractivity contribution in [3.8, 4) is 17.0 Å². The van der Waals surface area contributed by atoms with Gasteiger partial charge in [-0.25, -0.2) is 4.98 Å². The second-order valence-electron chi connectivity index (χ2n) is 8.51. The molecule has 1 fully saturated rings. The molecule has 180 valence electrons. The van der Waals surface area contributed by atoms with E-state index in [-0.39, 0.29) is 22.9 Å². The zero-order chi connectivity index (χ0) is 24.2. The first-order chi connectivity index (χ1) is 16.3. The van der Waals surface area contributed by atoms with Crippen LogP contribution < -0.4 is 10.1 Å². The van der Waals surface area contributed by atoms with Crippen molar-refractivity contribution in [1.29, 1.82) is 0 Å². The van der Waals surface area contributed by atoms with Crippen LogP contribution in [0.3, 0.4) is 0 Å².